The molecular formula is C25H29N5. The van der Waals surface area contributed by atoms with E-state index in [9.17, 15) is 0 Å². The molecule has 0 amide bonds. The predicted octanol–water partition coefficient (Wildman–Crippen LogP) is 5.18. The van der Waals surface area contributed by atoms with E-state index in [2.05, 4.69) is 87.7 Å². The van der Waals surface area contributed by atoms with E-state index in [1.54, 1.807) is 0 Å². The number of nitrogens with zero attached hydrogens (tertiary/aromatic N) is 5. The second-order valence-electron chi connectivity index (χ2n) is 10.1. The Morgan fingerprint density at radius 2 is 1.67 bits per heavy atom. The molecule has 1 aromatic heterocycles. The van der Waals surface area contributed by atoms with E-state index < -0.39 is 0 Å². The smallest absolute Gasteiger partial charge is 0.235 e. The van der Waals surface area contributed by atoms with Crippen LogP contribution in [0.2, 0.25) is 0 Å². The van der Waals surface area contributed by atoms with Crippen molar-refractivity contribution in [2.75, 3.05) is 0 Å². The Kier molecular flexibility index (Phi) is 4.47. The van der Waals surface area contributed by atoms with Gasteiger partial charge in [-0.15, -0.1) is 0 Å². The molecule has 1 aliphatic carbocycles. The molecule has 2 aromatic rings. The Morgan fingerprint density at radius 1 is 0.967 bits per heavy atom. The quantitative estimate of drug-likeness (QED) is 0.697. The third-order valence-corrected chi connectivity index (χ3v) is 8.10. The highest BCUT2D eigenvalue weighted by Crippen LogP contribution is 2.61. The van der Waals surface area contributed by atoms with Gasteiger partial charge in [-0.1, -0.05) is 72.7 Å². The van der Waals surface area contributed by atoms with E-state index in [1.165, 1.54) is 23.0 Å². The first kappa shape index (κ1) is 20.4. The zero-order valence-electron chi connectivity index (χ0n) is 18.9. The molecule has 1 aromatic carbocycles. The van der Waals surface area contributed by atoms with Crippen LogP contribution < -0.4 is 0 Å². The molecule has 2 aliphatic rings. The summed E-state index contributed by atoms with van der Waals surface area (Å²) >= 11 is 0. The molecule has 154 valence electrons. The lowest BCUT2D eigenvalue weighted by atomic mass is 9.59. The molecule has 0 saturated carbocycles. The molecule has 0 radical (unpaired) electrons. The van der Waals surface area contributed by atoms with E-state index >= 15 is 0 Å². The topological polar surface area (TPSA) is 74.8 Å². The van der Waals surface area contributed by atoms with Crippen molar-refractivity contribution in [3.63, 3.8) is 0 Å². The normalized spacial score (nSPS) is 25.3. The summed E-state index contributed by atoms with van der Waals surface area (Å²) in [4.78, 5) is 17.1. The fourth-order valence-corrected chi connectivity index (χ4v) is 4.99. The van der Waals surface area contributed by atoms with Gasteiger partial charge in [-0.2, -0.15) is 10.2 Å². The van der Waals surface area contributed by atoms with Gasteiger partial charge in [0.05, 0.1) is 6.04 Å². The summed E-state index contributed by atoms with van der Waals surface area (Å²) in [6, 6.07) is 8.95. The fourth-order valence-electron chi connectivity index (χ4n) is 4.99. The van der Waals surface area contributed by atoms with Gasteiger partial charge in [0.15, 0.2) is 5.82 Å². The first-order chi connectivity index (χ1) is 14.0. The maximum Gasteiger partial charge on any atom is 0.235 e. The number of hydrogen-bond acceptors (Lipinski definition) is 5. The van der Waals surface area contributed by atoms with Crippen LogP contribution in [0.5, 0.6) is 0 Å². The van der Waals surface area contributed by atoms with E-state index in [4.69, 9.17) is 10.3 Å². The van der Waals surface area contributed by atoms with Crippen molar-refractivity contribution in [2.45, 2.75) is 65.3 Å². The average Bonchev–Trinajstić information content (AvgIpc) is 2.82. The molecule has 0 bridgehead atoms. The van der Waals surface area contributed by atoms with Crippen LogP contribution in [-0.4, -0.2) is 21.2 Å². The highest BCUT2D eigenvalue weighted by molar-refractivity contribution is 6.09. The van der Waals surface area contributed by atoms with Gasteiger partial charge >= 0.3 is 0 Å². The molecule has 2 heterocycles. The summed E-state index contributed by atoms with van der Waals surface area (Å²) in [5.41, 5.74) is 5.28. The van der Waals surface area contributed by atoms with E-state index in [-0.39, 0.29) is 34.0 Å². The summed E-state index contributed by atoms with van der Waals surface area (Å²) in [6.07, 6.45) is 5.34. The Morgan fingerprint density at radius 3 is 2.33 bits per heavy atom. The second-order valence-corrected chi connectivity index (χ2v) is 10.1. The zero-order valence-corrected chi connectivity index (χ0v) is 18.9. The van der Waals surface area contributed by atoms with Gasteiger partial charge in [0.1, 0.15) is 12.4 Å². The number of rotatable bonds is 2. The van der Waals surface area contributed by atoms with Crippen LogP contribution in [0.3, 0.4) is 0 Å². The number of nitriles is 1. The molecular weight excluding hydrogens is 370 g/mol. The van der Waals surface area contributed by atoms with Crippen molar-refractivity contribution in [3.05, 3.63) is 58.9 Å². The van der Waals surface area contributed by atoms with Crippen molar-refractivity contribution in [1.82, 2.24) is 15.0 Å². The van der Waals surface area contributed by atoms with Crippen molar-refractivity contribution in [3.8, 4) is 6.07 Å². The van der Waals surface area contributed by atoms with Gasteiger partial charge in [0.2, 0.25) is 5.82 Å². The molecule has 5 nitrogen and oxygen atoms in total. The van der Waals surface area contributed by atoms with Crippen molar-refractivity contribution in [2.24, 2.45) is 16.3 Å². The summed E-state index contributed by atoms with van der Waals surface area (Å²) in [5.74, 6) is 0.806. The highest BCUT2D eigenvalue weighted by atomic mass is 15.0. The number of aliphatic imine (C=N–C) groups is 1. The van der Waals surface area contributed by atoms with Gasteiger partial charge in [-0.05, 0) is 32.9 Å². The minimum absolute atomic E-state index is 0.0546. The summed E-state index contributed by atoms with van der Waals surface area (Å²) in [6.45, 7) is 16.4. The Balaban J connectivity index is 1.69. The third kappa shape index (κ3) is 2.74. The van der Waals surface area contributed by atoms with Crippen LogP contribution in [0.15, 0.2) is 35.6 Å². The zero-order chi connectivity index (χ0) is 21.9. The lowest BCUT2D eigenvalue weighted by molar-refractivity contribution is 0.125. The molecule has 1 aliphatic heterocycles. The summed E-state index contributed by atoms with van der Waals surface area (Å²) in [5, 5.41) is 9.04. The maximum atomic E-state index is 9.04. The Bertz CT molecular complexity index is 1110. The largest absolute Gasteiger partial charge is 0.284 e. The van der Waals surface area contributed by atoms with Gasteiger partial charge in [-0.3, -0.25) is 4.99 Å². The summed E-state index contributed by atoms with van der Waals surface area (Å²) in [7, 11) is 0. The number of fused-ring (bicyclic) bond motifs is 1. The van der Waals surface area contributed by atoms with Gasteiger partial charge in [0.25, 0.3) is 0 Å². The van der Waals surface area contributed by atoms with Crippen molar-refractivity contribution < 1.29 is 0 Å². The van der Waals surface area contributed by atoms with Crippen LogP contribution in [0.1, 0.15) is 82.8 Å². The average molecular weight is 400 g/mol. The van der Waals surface area contributed by atoms with Gasteiger partial charge in [-0.25, -0.2) is 9.97 Å². The van der Waals surface area contributed by atoms with E-state index in [1.807, 2.05) is 12.3 Å². The van der Waals surface area contributed by atoms with Crippen molar-refractivity contribution >= 4 is 11.8 Å². The van der Waals surface area contributed by atoms with Crippen LogP contribution in [0.4, 0.5) is 0 Å². The highest BCUT2D eigenvalue weighted by Gasteiger charge is 2.56. The molecule has 30 heavy (non-hydrogen) atoms. The molecule has 2 unspecified atom stereocenters. The molecule has 4 rings (SSSR count). The SMILES string of the molecule is CC1C=C(c2ncnc(C#N)n2)C=NC1c1ccc2c(c1)C(C)(C)C(C)(C)C2(C)C. The second kappa shape index (κ2) is 6.57. The molecule has 2 atom stereocenters. The van der Waals surface area contributed by atoms with Gasteiger partial charge in [0, 0.05) is 17.7 Å². The minimum atomic E-state index is 0.0546. The van der Waals surface area contributed by atoms with Crippen molar-refractivity contribution in [1.29, 1.82) is 5.26 Å². The number of hydrogen-bond donors (Lipinski definition) is 0. The van der Waals surface area contributed by atoms with Crippen LogP contribution in [0, 0.1) is 22.7 Å². The lowest BCUT2D eigenvalue weighted by Crippen LogP contribution is -2.42. The molecule has 0 saturated heterocycles. The Hall–Kier alpha value is -2.87. The number of allylic oxidation sites excluding steroid dienone is 1. The van der Waals surface area contributed by atoms with E-state index in [0.29, 0.717) is 5.82 Å². The monoisotopic (exact) mass is 399 g/mol. The number of benzene rings is 1. The van der Waals surface area contributed by atoms with Crippen LogP contribution >= 0.6 is 0 Å². The first-order valence-electron chi connectivity index (χ1n) is 10.5. The molecule has 5 heteroatoms. The third-order valence-electron chi connectivity index (χ3n) is 8.10. The van der Waals surface area contributed by atoms with E-state index in [0.717, 1.165) is 5.57 Å². The van der Waals surface area contributed by atoms with Crippen LogP contribution in [0.25, 0.3) is 5.57 Å². The first-order valence-corrected chi connectivity index (χ1v) is 10.5. The predicted molar refractivity (Wildman–Crippen MR) is 119 cm³/mol. The molecule has 0 N–H and O–H groups in total. The Labute approximate surface area is 179 Å². The molecule has 0 spiro atoms. The minimum Gasteiger partial charge on any atom is -0.284 e. The van der Waals surface area contributed by atoms with Crippen LogP contribution in [-0.2, 0) is 10.8 Å². The maximum absolute atomic E-state index is 9.04. The fraction of sp³-hybridized carbons (Fsp3) is 0.480. The standard InChI is InChI=1S/C25H29N5/c1-15-10-17(22-29-14-28-20(12-26)30-22)13-27-21(15)16-8-9-18-19(11-16)24(4,5)25(6,7)23(18,2)3/h8-11,13-15,21H,1-7H3. The molecule has 0 fully saturated rings. The van der Waals surface area contributed by atoms with Gasteiger partial charge < -0.3 is 0 Å². The number of dihydropyridines is 1. The number of aromatic nitrogens is 3. The lowest BCUT2D eigenvalue weighted by Gasteiger charge is -2.44. The summed E-state index contributed by atoms with van der Waals surface area (Å²) < 4.78 is 0.